The van der Waals surface area contributed by atoms with Crippen LogP contribution in [0.5, 0.6) is 5.75 Å². The molecule has 0 unspecified atom stereocenters. The van der Waals surface area contributed by atoms with Crippen LogP contribution >= 0.6 is 22.7 Å². The Morgan fingerprint density at radius 3 is 2.61 bits per heavy atom. The van der Waals surface area contributed by atoms with E-state index in [0.717, 1.165) is 34.6 Å². The van der Waals surface area contributed by atoms with E-state index in [0.29, 0.717) is 28.8 Å². The van der Waals surface area contributed by atoms with Crippen LogP contribution in [0.4, 0.5) is 10.1 Å². The van der Waals surface area contributed by atoms with Crippen molar-refractivity contribution in [1.82, 2.24) is 9.88 Å². The molecule has 1 amide bonds. The van der Waals surface area contributed by atoms with Crippen LogP contribution in [-0.4, -0.2) is 54.0 Å². The number of para-hydroxylation sites is 1. The third-order valence-corrected chi connectivity index (χ3v) is 6.85. The van der Waals surface area contributed by atoms with Gasteiger partial charge in [0.15, 0.2) is 5.13 Å². The van der Waals surface area contributed by atoms with Gasteiger partial charge in [-0.25, -0.2) is 4.98 Å². The molecule has 0 aliphatic rings. The molecule has 0 radical (unpaired) electrons. The Morgan fingerprint density at radius 2 is 1.97 bits per heavy atom. The van der Waals surface area contributed by atoms with Crippen molar-refractivity contribution >= 4 is 55.0 Å². The van der Waals surface area contributed by atoms with Gasteiger partial charge in [0.1, 0.15) is 11.3 Å². The first kappa shape index (κ1) is 22.9. The van der Waals surface area contributed by atoms with Crippen molar-refractivity contribution in [1.29, 1.82) is 0 Å². The summed E-state index contributed by atoms with van der Waals surface area (Å²) in [6.45, 7) is 7.15. The number of carbonyl (C=O) groups is 1. The van der Waals surface area contributed by atoms with E-state index in [-0.39, 0.29) is 10.9 Å². The molecule has 0 saturated heterocycles. The SMILES string of the molecule is CCN(CC)CCN(C(=O)C=Cc1ccc([N+](=O)[O-])s1)c1nc2c(OC)cccc2s1. The number of fused-ring (bicyclic) bond motifs is 1. The normalized spacial score (nSPS) is 11.5. The third-order valence-electron chi connectivity index (χ3n) is 4.80. The lowest BCUT2D eigenvalue weighted by molar-refractivity contribution is -0.380. The highest BCUT2D eigenvalue weighted by Crippen LogP contribution is 2.34. The Balaban J connectivity index is 1.89. The summed E-state index contributed by atoms with van der Waals surface area (Å²) in [7, 11) is 1.60. The van der Waals surface area contributed by atoms with Gasteiger partial charge in [-0.05, 0) is 37.4 Å². The van der Waals surface area contributed by atoms with Crippen molar-refractivity contribution < 1.29 is 14.5 Å². The molecule has 10 heteroatoms. The van der Waals surface area contributed by atoms with Gasteiger partial charge in [-0.15, -0.1) is 0 Å². The Hall–Kier alpha value is -2.82. The molecule has 0 fully saturated rings. The second-order valence-electron chi connectivity index (χ2n) is 6.59. The molecule has 1 aromatic carbocycles. The molecular weight excluding hydrogens is 436 g/mol. The van der Waals surface area contributed by atoms with Gasteiger partial charge < -0.3 is 9.64 Å². The molecule has 31 heavy (non-hydrogen) atoms. The monoisotopic (exact) mass is 460 g/mol. The number of hydrogen-bond acceptors (Lipinski definition) is 8. The number of hydrogen-bond donors (Lipinski definition) is 0. The maximum absolute atomic E-state index is 13.1. The van der Waals surface area contributed by atoms with Crippen molar-refractivity contribution in [2.45, 2.75) is 13.8 Å². The van der Waals surface area contributed by atoms with Crippen LogP contribution in [-0.2, 0) is 4.79 Å². The molecule has 8 nitrogen and oxygen atoms in total. The summed E-state index contributed by atoms with van der Waals surface area (Å²) in [6, 6.07) is 8.77. The molecule has 3 aromatic rings. The number of ether oxygens (including phenoxy) is 1. The van der Waals surface area contributed by atoms with Crippen LogP contribution in [0.1, 0.15) is 18.7 Å². The molecule has 0 atom stereocenters. The third kappa shape index (κ3) is 5.46. The minimum absolute atomic E-state index is 0.0451. The molecule has 0 N–H and O–H groups in total. The van der Waals surface area contributed by atoms with E-state index in [1.165, 1.54) is 23.5 Å². The quantitative estimate of drug-likeness (QED) is 0.248. The standard InChI is InChI=1S/C21H24N4O4S2/c1-4-23(5-2)13-14-24(18(26)11-9-15-10-12-19(30-15)25(27)28)21-22-20-16(29-3)7-6-8-17(20)31-21/h6-12H,4-5,13-14H2,1-3H3. The number of rotatable bonds is 10. The number of nitrogens with zero attached hydrogens (tertiary/aromatic N) is 4. The number of carbonyl (C=O) groups excluding carboxylic acids is 1. The topological polar surface area (TPSA) is 88.8 Å². The van der Waals surface area contributed by atoms with E-state index >= 15 is 0 Å². The Bertz CT molecular complexity index is 1090. The molecule has 0 aliphatic heterocycles. The first-order valence-corrected chi connectivity index (χ1v) is 11.5. The molecule has 3 rings (SSSR count). The largest absolute Gasteiger partial charge is 0.494 e. The Labute approximate surface area is 188 Å². The summed E-state index contributed by atoms with van der Waals surface area (Å²) in [4.78, 5) is 32.8. The second-order valence-corrected chi connectivity index (χ2v) is 8.69. The van der Waals surface area contributed by atoms with Crippen LogP contribution < -0.4 is 9.64 Å². The van der Waals surface area contributed by atoms with E-state index < -0.39 is 4.92 Å². The maximum Gasteiger partial charge on any atom is 0.324 e. The fourth-order valence-electron chi connectivity index (χ4n) is 3.05. The van der Waals surface area contributed by atoms with Crippen LogP contribution in [0.15, 0.2) is 36.4 Å². The van der Waals surface area contributed by atoms with Crippen molar-refractivity contribution in [2.24, 2.45) is 0 Å². The summed E-state index contributed by atoms with van der Waals surface area (Å²) in [6.07, 6.45) is 3.05. The Kier molecular flexibility index (Phi) is 7.72. The van der Waals surface area contributed by atoms with Gasteiger partial charge in [-0.3, -0.25) is 19.8 Å². The lowest BCUT2D eigenvalue weighted by Crippen LogP contribution is -2.38. The van der Waals surface area contributed by atoms with Gasteiger partial charge >= 0.3 is 5.00 Å². The van der Waals surface area contributed by atoms with Gasteiger partial charge in [0.05, 0.1) is 16.7 Å². The molecule has 2 aromatic heterocycles. The van der Waals surface area contributed by atoms with Crippen LogP contribution in [0.2, 0.25) is 0 Å². The molecular formula is C21H24N4O4S2. The van der Waals surface area contributed by atoms with Crippen LogP contribution in [0.25, 0.3) is 16.3 Å². The number of anilines is 1. The highest BCUT2D eigenvalue weighted by atomic mass is 32.1. The molecule has 0 aliphatic carbocycles. The molecule has 164 valence electrons. The molecule has 0 saturated carbocycles. The van der Waals surface area contributed by atoms with Gasteiger partial charge in [0, 0.05) is 30.1 Å². The first-order valence-electron chi connectivity index (χ1n) is 9.86. The van der Waals surface area contributed by atoms with Gasteiger partial charge in [0.2, 0.25) is 0 Å². The number of nitro groups is 1. The van der Waals surface area contributed by atoms with Gasteiger partial charge in [0.25, 0.3) is 5.91 Å². The number of benzene rings is 1. The van der Waals surface area contributed by atoms with E-state index in [1.807, 2.05) is 18.2 Å². The summed E-state index contributed by atoms with van der Waals surface area (Å²) in [5.41, 5.74) is 0.725. The van der Waals surface area contributed by atoms with Crippen molar-refractivity contribution in [3.8, 4) is 5.75 Å². The van der Waals surface area contributed by atoms with Crippen molar-refractivity contribution in [3.05, 3.63) is 51.4 Å². The summed E-state index contributed by atoms with van der Waals surface area (Å²) < 4.78 is 6.34. The number of likely N-dealkylation sites (N-methyl/N-ethyl adjacent to an activating group) is 1. The number of aromatic nitrogens is 1. The molecule has 0 spiro atoms. The van der Waals surface area contributed by atoms with E-state index in [2.05, 4.69) is 23.7 Å². The smallest absolute Gasteiger partial charge is 0.324 e. The summed E-state index contributed by atoms with van der Waals surface area (Å²) in [5, 5.41) is 11.5. The number of methoxy groups -OCH3 is 1. The number of thiophene rings is 1. The second kappa shape index (κ2) is 10.5. The number of thiazole rings is 1. The lowest BCUT2D eigenvalue weighted by Gasteiger charge is -2.23. The predicted octanol–water partition coefficient (Wildman–Crippen LogP) is 4.66. The highest BCUT2D eigenvalue weighted by Gasteiger charge is 2.20. The average molecular weight is 461 g/mol. The van der Waals surface area contributed by atoms with E-state index in [9.17, 15) is 14.9 Å². The maximum atomic E-state index is 13.1. The molecule has 2 heterocycles. The summed E-state index contributed by atoms with van der Waals surface area (Å²) >= 11 is 2.47. The minimum atomic E-state index is -0.436. The fourth-order valence-corrected chi connectivity index (χ4v) is 4.79. The zero-order valence-electron chi connectivity index (χ0n) is 17.6. The van der Waals surface area contributed by atoms with Crippen molar-refractivity contribution in [3.63, 3.8) is 0 Å². The van der Waals surface area contributed by atoms with Gasteiger partial charge in [-0.2, -0.15) is 0 Å². The lowest BCUT2D eigenvalue weighted by atomic mass is 10.3. The van der Waals surface area contributed by atoms with Gasteiger partial charge in [-0.1, -0.05) is 42.6 Å². The summed E-state index contributed by atoms with van der Waals surface area (Å²) in [5.74, 6) is 0.443. The average Bonchev–Trinajstić information content (AvgIpc) is 3.42. The molecule has 0 bridgehead atoms. The predicted molar refractivity (Wildman–Crippen MR) is 126 cm³/mol. The number of amides is 1. The fraction of sp³-hybridized carbons (Fsp3) is 0.333. The van der Waals surface area contributed by atoms with E-state index in [4.69, 9.17) is 4.74 Å². The minimum Gasteiger partial charge on any atom is -0.494 e. The highest BCUT2D eigenvalue weighted by molar-refractivity contribution is 7.22. The van der Waals surface area contributed by atoms with Crippen LogP contribution in [0, 0.1) is 10.1 Å². The van der Waals surface area contributed by atoms with E-state index in [1.54, 1.807) is 24.2 Å². The first-order chi connectivity index (χ1) is 15.0. The zero-order chi connectivity index (χ0) is 22.4. The van der Waals surface area contributed by atoms with Crippen molar-refractivity contribution in [2.75, 3.05) is 38.2 Å². The zero-order valence-corrected chi connectivity index (χ0v) is 19.2. The van der Waals surface area contributed by atoms with Crippen LogP contribution in [0.3, 0.4) is 0 Å². The Morgan fingerprint density at radius 1 is 1.19 bits per heavy atom.